The van der Waals surface area contributed by atoms with E-state index in [1.54, 1.807) is 11.3 Å². The number of hydrogen-bond donors (Lipinski definition) is 2. The van der Waals surface area contributed by atoms with Gasteiger partial charge in [0.1, 0.15) is 0 Å². The molecule has 1 heterocycles. The van der Waals surface area contributed by atoms with Crippen molar-refractivity contribution < 1.29 is 0 Å². The molecule has 2 rings (SSSR count). The summed E-state index contributed by atoms with van der Waals surface area (Å²) in [6.45, 7) is 0. The van der Waals surface area contributed by atoms with Crippen molar-refractivity contribution in [2.75, 3.05) is 5.73 Å². The van der Waals surface area contributed by atoms with Crippen LogP contribution in [0.4, 0.5) is 5.69 Å². The highest BCUT2D eigenvalue weighted by atomic mass is 127. The summed E-state index contributed by atoms with van der Waals surface area (Å²) in [7, 11) is 0. The molecule has 0 saturated heterocycles. The molecule has 62 valence electrons. The number of thiol groups is 1. The third kappa shape index (κ3) is 1.22. The van der Waals surface area contributed by atoms with E-state index in [1.807, 2.05) is 17.5 Å². The number of nitrogens with two attached hydrogens (primary N) is 1. The minimum absolute atomic E-state index is 0.862. The summed E-state index contributed by atoms with van der Waals surface area (Å²) in [5.41, 5.74) is 6.64. The van der Waals surface area contributed by atoms with Crippen molar-refractivity contribution in [2.45, 2.75) is 4.90 Å². The monoisotopic (exact) mass is 307 g/mol. The number of thiophene rings is 1. The fourth-order valence-electron chi connectivity index (χ4n) is 1.07. The molecule has 0 aliphatic carbocycles. The predicted molar refractivity (Wildman–Crippen MR) is 66.2 cm³/mol. The first kappa shape index (κ1) is 8.65. The van der Waals surface area contributed by atoms with Gasteiger partial charge < -0.3 is 5.73 Å². The molecule has 2 aromatic rings. The lowest BCUT2D eigenvalue weighted by atomic mass is 10.2. The standard InChI is InChI=1S/C8H6INS2/c9-7-6(11)2-1-4-5(10)3-12-8(4)7/h1-3,11H,10H2. The van der Waals surface area contributed by atoms with Gasteiger partial charge in [-0.2, -0.15) is 0 Å². The summed E-state index contributed by atoms with van der Waals surface area (Å²) >= 11 is 8.31. The number of halogens is 1. The van der Waals surface area contributed by atoms with Crippen molar-refractivity contribution in [3.8, 4) is 0 Å². The normalized spacial score (nSPS) is 10.8. The lowest BCUT2D eigenvalue weighted by Crippen LogP contribution is -1.81. The first-order chi connectivity index (χ1) is 5.70. The summed E-state index contributed by atoms with van der Waals surface area (Å²) in [5, 5.41) is 3.11. The Bertz CT molecular complexity index is 436. The SMILES string of the molecule is Nc1csc2c(I)c(S)ccc12. The number of hydrogen-bond acceptors (Lipinski definition) is 3. The zero-order chi connectivity index (χ0) is 8.72. The van der Waals surface area contributed by atoms with E-state index in [-0.39, 0.29) is 0 Å². The van der Waals surface area contributed by atoms with Gasteiger partial charge in [0.25, 0.3) is 0 Å². The Morgan fingerprint density at radius 1 is 1.42 bits per heavy atom. The van der Waals surface area contributed by atoms with Crippen LogP contribution in [0.15, 0.2) is 22.4 Å². The van der Waals surface area contributed by atoms with Gasteiger partial charge in [-0.3, -0.25) is 0 Å². The molecule has 0 aliphatic heterocycles. The minimum atomic E-state index is 0.862. The number of anilines is 1. The van der Waals surface area contributed by atoms with Crippen molar-refractivity contribution in [3.63, 3.8) is 0 Å². The van der Waals surface area contributed by atoms with Crippen LogP contribution >= 0.6 is 46.6 Å². The van der Waals surface area contributed by atoms with Gasteiger partial charge in [-0.1, -0.05) is 6.07 Å². The Balaban J connectivity index is 2.93. The van der Waals surface area contributed by atoms with Crippen LogP contribution in [0.5, 0.6) is 0 Å². The summed E-state index contributed by atoms with van der Waals surface area (Å²) < 4.78 is 2.43. The molecule has 4 heteroatoms. The molecule has 0 fully saturated rings. The van der Waals surface area contributed by atoms with Crippen LogP contribution in [-0.2, 0) is 0 Å². The molecule has 0 aliphatic rings. The van der Waals surface area contributed by atoms with Crippen LogP contribution < -0.4 is 5.73 Å². The van der Waals surface area contributed by atoms with Crippen molar-refractivity contribution in [2.24, 2.45) is 0 Å². The summed E-state index contributed by atoms with van der Waals surface area (Å²) in [4.78, 5) is 1.02. The highest BCUT2D eigenvalue weighted by Gasteiger charge is 2.05. The van der Waals surface area contributed by atoms with Crippen LogP contribution in [0.2, 0.25) is 0 Å². The van der Waals surface area contributed by atoms with E-state index in [9.17, 15) is 0 Å². The fraction of sp³-hybridized carbons (Fsp3) is 0. The van der Waals surface area contributed by atoms with Crippen LogP contribution in [0, 0.1) is 3.57 Å². The first-order valence-corrected chi connectivity index (χ1v) is 5.75. The Morgan fingerprint density at radius 2 is 2.17 bits per heavy atom. The van der Waals surface area contributed by atoms with Gasteiger partial charge in [0.2, 0.25) is 0 Å². The van der Waals surface area contributed by atoms with Crippen LogP contribution in [0.25, 0.3) is 10.1 Å². The van der Waals surface area contributed by atoms with Gasteiger partial charge in [0.05, 0.1) is 10.4 Å². The number of nitrogen functional groups attached to an aromatic ring is 1. The van der Waals surface area contributed by atoms with Crippen LogP contribution in [0.1, 0.15) is 0 Å². The summed E-state index contributed by atoms with van der Waals surface area (Å²) in [5.74, 6) is 0. The lowest BCUT2D eigenvalue weighted by molar-refractivity contribution is 1.48. The van der Waals surface area contributed by atoms with Gasteiger partial charge in [0, 0.05) is 19.2 Å². The first-order valence-electron chi connectivity index (χ1n) is 3.34. The van der Waals surface area contributed by atoms with Crippen molar-refractivity contribution in [1.29, 1.82) is 0 Å². The predicted octanol–water partition coefficient (Wildman–Crippen LogP) is 3.38. The number of fused-ring (bicyclic) bond motifs is 1. The van der Waals surface area contributed by atoms with E-state index in [4.69, 9.17) is 5.73 Å². The van der Waals surface area contributed by atoms with Crippen molar-refractivity contribution in [3.05, 3.63) is 21.1 Å². The third-order valence-corrected chi connectivity index (χ3v) is 5.01. The Morgan fingerprint density at radius 3 is 2.92 bits per heavy atom. The number of rotatable bonds is 0. The maximum atomic E-state index is 5.78. The van der Waals surface area contributed by atoms with Gasteiger partial charge in [-0.15, -0.1) is 24.0 Å². The average Bonchev–Trinajstić information content (AvgIpc) is 2.41. The molecule has 1 aromatic heterocycles. The quantitative estimate of drug-likeness (QED) is 0.566. The molecular formula is C8H6INS2. The van der Waals surface area contributed by atoms with Crippen molar-refractivity contribution >= 4 is 62.3 Å². The van der Waals surface area contributed by atoms with E-state index in [1.165, 1.54) is 8.27 Å². The molecule has 1 nitrogen and oxygen atoms in total. The highest BCUT2D eigenvalue weighted by Crippen LogP contribution is 2.34. The summed E-state index contributed by atoms with van der Waals surface area (Å²) in [6.07, 6.45) is 0. The molecular weight excluding hydrogens is 301 g/mol. The molecule has 12 heavy (non-hydrogen) atoms. The van der Waals surface area contributed by atoms with Gasteiger partial charge in [0.15, 0.2) is 0 Å². The van der Waals surface area contributed by atoms with E-state index in [2.05, 4.69) is 35.2 Å². The second-order valence-corrected chi connectivity index (χ2v) is 4.91. The van der Waals surface area contributed by atoms with Gasteiger partial charge >= 0.3 is 0 Å². The molecule has 1 aromatic carbocycles. The van der Waals surface area contributed by atoms with E-state index < -0.39 is 0 Å². The second-order valence-electron chi connectivity index (χ2n) is 2.47. The topological polar surface area (TPSA) is 26.0 Å². The van der Waals surface area contributed by atoms with Gasteiger partial charge in [-0.05, 0) is 28.7 Å². The second kappa shape index (κ2) is 3.08. The minimum Gasteiger partial charge on any atom is -0.398 e. The van der Waals surface area contributed by atoms with Gasteiger partial charge in [-0.25, -0.2) is 0 Å². The lowest BCUT2D eigenvalue weighted by Gasteiger charge is -1.97. The zero-order valence-corrected chi connectivity index (χ0v) is 9.91. The maximum Gasteiger partial charge on any atom is 0.0508 e. The molecule has 0 atom stereocenters. The zero-order valence-electron chi connectivity index (χ0n) is 6.04. The van der Waals surface area contributed by atoms with E-state index in [0.29, 0.717) is 0 Å². The Hall–Kier alpha value is 0.0600. The maximum absolute atomic E-state index is 5.78. The van der Waals surface area contributed by atoms with E-state index >= 15 is 0 Å². The average molecular weight is 307 g/mol. The molecule has 0 spiro atoms. The molecule has 2 N–H and O–H groups in total. The van der Waals surface area contributed by atoms with Crippen molar-refractivity contribution in [1.82, 2.24) is 0 Å². The molecule has 0 bridgehead atoms. The molecule has 0 amide bonds. The smallest absolute Gasteiger partial charge is 0.0508 e. The summed E-state index contributed by atoms with van der Waals surface area (Å²) in [6, 6.07) is 4.00. The number of benzene rings is 1. The molecule has 0 saturated carbocycles. The van der Waals surface area contributed by atoms with E-state index in [0.717, 1.165) is 16.0 Å². The largest absolute Gasteiger partial charge is 0.398 e. The highest BCUT2D eigenvalue weighted by molar-refractivity contribution is 14.1. The molecule has 0 unspecified atom stereocenters. The third-order valence-electron chi connectivity index (χ3n) is 1.69. The molecule has 0 radical (unpaired) electrons. The fourth-order valence-corrected chi connectivity index (χ4v) is 3.09. The Kier molecular flexibility index (Phi) is 2.22. The van der Waals surface area contributed by atoms with Crippen LogP contribution in [0.3, 0.4) is 0 Å². The Labute approximate surface area is 93.5 Å². The van der Waals surface area contributed by atoms with Crippen LogP contribution in [-0.4, -0.2) is 0 Å².